The largest absolute Gasteiger partial charge is 0.413 e. The van der Waals surface area contributed by atoms with Gasteiger partial charge in [-0.2, -0.15) is 13.2 Å². The van der Waals surface area contributed by atoms with Crippen LogP contribution >= 0.6 is 0 Å². The normalized spacial score (nSPS) is 19.0. The van der Waals surface area contributed by atoms with Gasteiger partial charge in [0.25, 0.3) is 0 Å². The van der Waals surface area contributed by atoms with Gasteiger partial charge in [0.05, 0.1) is 6.04 Å². The Morgan fingerprint density at radius 3 is 2.26 bits per heavy atom. The summed E-state index contributed by atoms with van der Waals surface area (Å²) in [4.78, 5) is 1.86. The predicted octanol–water partition coefficient (Wildman–Crippen LogP) is 5.04. The average molecular weight is 317 g/mol. The molecule has 0 aromatic heterocycles. The van der Waals surface area contributed by atoms with Crippen molar-refractivity contribution in [1.29, 1.82) is 0 Å². The number of halogens is 3. The molecule has 0 radical (unpaired) electrons. The molecular weight excluding hydrogens is 299 g/mol. The molecule has 0 saturated carbocycles. The lowest BCUT2D eigenvalue weighted by atomic mass is 10.1. The molecule has 0 N–H and O–H groups in total. The first-order valence-corrected chi connectivity index (χ1v) is 7.56. The summed E-state index contributed by atoms with van der Waals surface area (Å²) in [5, 5.41) is 0. The lowest BCUT2D eigenvalue weighted by Crippen LogP contribution is -2.26. The highest BCUT2D eigenvalue weighted by Crippen LogP contribution is 2.38. The molecule has 3 rings (SSSR count). The minimum Gasteiger partial charge on any atom is -0.284 e. The van der Waals surface area contributed by atoms with E-state index in [0.717, 1.165) is 16.7 Å². The zero-order chi connectivity index (χ0) is 16.4. The van der Waals surface area contributed by atoms with E-state index >= 15 is 0 Å². The van der Waals surface area contributed by atoms with Crippen LogP contribution in [0.5, 0.6) is 0 Å². The fourth-order valence-corrected chi connectivity index (χ4v) is 2.89. The number of hydrogen-bond donors (Lipinski definition) is 0. The Hall–Kier alpha value is -2.07. The molecule has 23 heavy (non-hydrogen) atoms. The van der Waals surface area contributed by atoms with Crippen molar-refractivity contribution in [2.45, 2.75) is 25.7 Å². The van der Waals surface area contributed by atoms with Gasteiger partial charge in [0.1, 0.15) is 0 Å². The standard InChI is InChI=1S/C19H18F3N/c1-14-7-9-15(10-8-14)12-23-13-17(19(20,21)22)11-18(23)16-5-3-2-4-6-16/h2-11,18H,12-13H2,1H3/t18-/m0/s1. The van der Waals surface area contributed by atoms with Gasteiger partial charge in [0.2, 0.25) is 0 Å². The third kappa shape index (κ3) is 3.64. The molecule has 4 heteroatoms. The summed E-state index contributed by atoms with van der Waals surface area (Å²) < 4.78 is 39.4. The van der Waals surface area contributed by atoms with Crippen LogP contribution in [0.1, 0.15) is 22.7 Å². The van der Waals surface area contributed by atoms with E-state index in [2.05, 4.69) is 0 Å². The molecule has 1 atom stereocenters. The number of aryl methyl sites for hydroxylation is 1. The summed E-state index contributed by atoms with van der Waals surface area (Å²) in [6, 6.07) is 16.9. The molecule has 0 amide bonds. The molecule has 0 aliphatic carbocycles. The van der Waals surface area contributed by atoms with Crippen molar-refractivity contribution < 1.29 is 13.2 Å². The van der Waals surface area contributed by atoms with E-state index in [-0.39, 0.29) is 12.6 Å². The summed E-state index contributed by atoms with van der Waals surface area (Å²) in [6.45, 7) is 2.42. The maximum absolute atomic E-state index is 13.1. The third-order valence-corrected chi connectivity index (χ3v) is 4.14. The summed E-state index contributed by atoms with van der Waals surface area (Å²) in [6.07, 6.45) is -2.92. The first kappa shape index (κ1) is 15.8. The molecule has 1 aliphatic rings. The van der Waals surface area contributed by atoms with Gasteiger partial charge < -0.3 is 0 Å². The van der Waals surface area contributed by atoms with Crippen molar-refractivity contribution in [2.75, 3.05) is 6.54 Å². The Balaban J connectivity index is 1.87. The van der Waals surface area contributed by atoms with Crippen LogP contribution in [-0.4, -0.2) is 17.6 Å². The number of rotatable bonds is 3. The minimum absolute atomic E-state index is 0.0725. The van der Waals surface area contributed by atoms with E-state index in [4.69, 9.17) is 0 Å². The maximum atomic E-state index is 13.1. The molecule has 0 bridgehead atoms. The van der Waals surface area contributed by atoms with Gasteiger partial charge in [0.15, 0.2) is 0 Å². The Morgan fingerprint density at radius 1 is 1.00 bits per heavy atom. The lowest BCUT2D eigenvalue weighted by Gasteiger charge is -2.25. The van der Waals surface area contributed by atoms with E-state index in [1.165, 1.54) is 6.08 Å². The topological polar surface area (TPSA) is 3.24 Å². The third-order valence-electron chi connectivity index (χ3n) is 4.14. The Bertz CT molecular complexity index is 687. The van der Waals surface area contributed by atoms with Crippen LogP contribution in [0.3, 0.4) is 0 Å². The van der Waals surface area contributed by atoms with Crippen molar-refractivity contribution in [3.8, 4) is 0 Å². The molecule has 2 aromatic carbocycles. The number of nitrogens with zero attached hydrogens (tertiary/aromatic N) is 1. The van der Waals surface area contributed by atoms with Gasteiger partial charge in [-0.3, -0.25) is 4.90 Å². The minimum atomic E-state index is -4.27. The molecule has 120 valence electrons. The van der Waals surface area contributed by atoms with Gasteiger partial charge in [-0.05, 0) is 18.1 Å². The van der Waals surface area contributed by atoms with Crippen molar-refractivity contribution in [3.05, 3.63) is 82.9 Å². The zero-order valence-corrected chi connectivity index (χ0v) is 12.8. The highest BCUT2D eigenvalue weighted by atomic mass is 19.4. The van der Waals surface area contributed by atoms with Crippen LogP contribution < -0.4 is 0 Å². The Kier molecular flexibility index (Phi) is 4.26. The van der Waals surface area contributed by atoms with E-state index in [0.29, 0.717) is 6.54 Å². The lowest BCUT2D eigenvalue weighted by molar-refractivity contribution is -0.0937. The molecule has 0 fully saturated rings. The molecular formula is C19H18F3N. The van der Waals surface area contributed by atoms with Crippen LogP contribution in [0, 0.1) is 6.92 Å². The molecule has 1 nitrogen and oxygen atoms in total. The van der Waals surface area contributed by atoms with E-state index in [1.54, 1.807) is 0 Å². The second-order valence-corrected chi connectivity index (χ2v) is 5.94. The fraction of sp³-hybridized carbons (Fsp3) is 0.263. The second kappa shape index (κ2) is 6.20. The van der Waals surface area contributed by atoms with Gasteiger partial charge >= 0.3 is 6.18 Å². The van der Waals surface area contributed by atoms with E-state index in [1.807, 2.05) is 66.4 Å². The molecule has 0 unspecified atom stereocenters. The van der Waals surface area contributed by atoms with Gasteiger partial charge in [0, 0.05) is 18.7 Å². The van der Waals surface area contributed by atoms with E-state index in [9.17, 15) is 13.2 Å². The zero-order valence-electron chi connectivity index (χ0n) is 12.8. The van der Waals surface area contributed by atoms with Gasteiger partial charge in [-0.1, -0.05) is 66.2 Å². The smallest absolute Gasteiger partial charge is 0.284 e. The number of hydrogen-bond acceptors (Lipinski definition) is 1. The van der Waals surface area contributed by atoms with Gasteiger partial charge in [-0.15, -0.1) is 0 Å². The SMILES string of the molecule is Cc1ccc(CN2CC(C(F)(F)F)=C[C@H]2c2ccccc2)cc1. The first-order valence-electron chi connectivity index (χ1n) is 7.56. The monoisotopic (exact) mass is 317 g/mol. The summed E-state index contributed by atoms with van der Waals surface area (Å²) >= 11 is 0. The van der Waals surface area contributed by atoms with Crippen molar-refractivity contribution in [1.82, 2.24) is 4.90 Å². The van der Waals surface area contributed by atoms with E-state index < -0.39 is 11.7 Å². The summed E-state index contributed by atoms with van der Waals surface area (Å²) in [7, 11) is 0. The number of alkyl halides is 3. The average Bonchev–Trinajstić information content (AvgIpc) is 2.94. The molecule has 1 heterocycles. The fourth-order valence-electron chi connectivity index (χ4n) is 2.89. The van der Waals surface area contributed by atoms with Crippen LogP contribution in [0.15, 0.2) is 66.2 Å². The molecule has 0 spiro atoms. The first-order chi connectivity index (χ1) is 10.9. The highest BCUT2D eigenvalue weighted by Gasteiger charge is 2.40. The van der Waals surface area contributed by atoms with Crippen molar-refractivity contribution in [3.63, 3.8) is 0 Å². The Morgan fingerprint density at radius 2 is 1.65 bits per heavy atom. The molecule has 1 aliphatic heterocycles. The van der Waals surface area contributed by atoms with Crippen LogP contribution in [-0.2, 0) is 6.54 Å². The predicted molar refractivity (Wildman–Crippen MR) is 84.9 cm³/mol. The van der Waals surface area contributed by atoms with Crippen molar-refractivity contribution >= 4 is 0 Å². The van der Waals surface area contributed by atoms with Crippen LogP contribution in [0.2, 0.25) is 0 Å². The maximum Gasteiger partial charge on any atom is 0.413 e. The second-order valence-electron chi connectivity index (χ2n) is 5.94. The van der Waals surface area contributed by atoms with Crippen LogP contribution in [0.25, 0.3) is 0 Å². The van der Waals surface area contributed by atoms with Crippen LogP contribution in [0.4, 0.5) is 13.2 Å². The number of benzene rings is 2. The highest BCUT2D eigenvalue weighted by molar-refractivity contribution is 5.32. The molecule has 2 aromatic rings. The van der Waals surface area contributed by atoms with Gasteiger partial charge in [-0.25, -0.2) is 0 Å². The summed E-state index contributed by atoms with van der Waals surface area (Å²) in [5.41, 5.74) is 2.59. The molecule has 0 saturated heterocycles. The van der Waals surface area contributed by atoms with Crippen molar-refractivity contribution in [2.24, 2.45) is 0 Å². The summed E-state index contributed by atoms with van der Waals surface area (Å²) in [5.74, 6) is 0. The quantitative estimate of drug-likeness (QED) is 0.717. The Labute approximate surface area is 134 Å².